The number of benzene rings is 1. The minimum absolute atomic E-state index is 0.211. The molecule has 2 aliphatic rings. The Morgan fingerprint density at radius 1 is 1.12 bits per heavy atom. The minimum atomic E-state index is -1.23. The number of hydrogen-bond acceptors (Lipinski definition) is 11. The molecule has 41 heavy (non-hydrogen) atoms. The number of nitrogens with two attached hydrogens (primary N) is 2. The molecule has 0 amide bonds. The zero-order chi connectivity index (χ0) is 28.9. The average Bonchev–Trinajstić information content (AvgIpc) is 3.52. The highest BCUT2D eigenvalue weighted by Crippen LogP contribution is 2.33. The SMILES string of the molecule is Nc1ncnc2c1ncn2[C@@H]1O[C@H](CN(CC[C@H](N)C(=O)O)CC2CNCC(CCc3ccccc3)C2)[C@@H](O)[C@H]1O. The largest absolute Gasteiger partial charge is 0.480 e. The van der Waals surface area contributed by atoms with Crippen LogP contribution in [-0.4, -0.2) is 103 Å². The Bertz CT molecular complexity index is 1290. The molecule has 7 atom stereocenters. The Morgan fingerprint density at radius 3 is 2.68 bits per heavy atom. The molecule has 0 radical (unpaired) electrons. The van der Waals surface area contributed by atoms with Crippen molar-refractivity contribution in [1.82, 2.24) is 29.7 Å². The lowest BCUT2D eigenvalue weighted by atomic mass is 9.86. The van der Waals surface area contributed by atoms with Gasteiger partial charge in [0.2, 0.25) is 0 Å². The number of nitrogens with one attached hydrogen (secondary N) is 1. The van der Waals surface area contributed by atoms with Crippen LogP contribution < -0.4 is 16.8 Å². The van der Waals surface area contributed by atoms with E-state index in [1.165, 1.54) is 18.2 Å². The quantitative estimate of drug-likeness (QED) is 0.171. The Hall–Kier alpha value is -3.20. The Labute approximate surface area is 238 Å². The summed E-state index contributed by atoms with van der Waals surface area (Å²) >= 11 is 0. The van der Waals surface area contributed by atoms with E-state index in [4.69, 9.17) is 16.2 Å². The van der Waals surface area contributed by atoms with Crippen molar-refractivity contribution in [2.45, 2.75) is 56.3 Å². The third-order valence-corrected chi connectivity index (χ3v) is 8.24. The molecule has 0 aliphatic carbocycles. The van der Waals surface area contributed by atoms with E-state index in [9.17, 15) is 20.1 Å². The molecule has 2 aromatic heterocycles. The number of fused-ring (bicyclic) bond motifs is 1. The predicted molar refractivity (Wildman–Crippen MR) is 152 cm³/mol. The van der Waals surface area contributed by atoms with Crippen LogP contribution in [0.2, 0.25) is 0 Å². The van der Waals surface area contributed by atoms with E-state index < -0.39 is 36.6 Å². The number of aliphatic carboxylic acids is 1. The van der Waals surface area contributed by atoms with Crippen molar-refractivity contribution < 1.29 is 24.9 Å². The number of nitrogen functional groups attached to an aromatic ring is 1. The summed E-state index contributed by atoms with van der Waals surface area (Å²) in [7, 11) is 0. The monoisotopic (exact) mass is 568 g/mol. The van der Waals surface area contributed by atoms with Crippen molar-refractivity contribution in [2.24, 2.45) is 17.6 Å². The van der Waals surface area contributed by atoms with Crippen molar-refractivity contribution in [3.8, 4) is 0 Å². The average molecular weight is 569 g/mol. The van der Waals surface area contributed by atoms with E-state index in [-0.39, 0.29) is 12.2 Å². The van der Waals surface area contributed by atoms with Crippen LogP contribution in [0.1, 0.15) is 31.1 Å². The van der Waals surface area contributed by atoms with Gasteiger partial charge in [-0.25, -0.2) is 15.0 Å². The second-order valence-corrected chi connectivity index (χ2v) is 11.3. The molecule has 13 nitrogen and oxygen atoms in total. The van der Waals surface area contributed by atoms with Gasteiger partial charge in [-0.1, -0.05) is 30.3 Å². The fraction of sp³-hybridized carbons (Fsp3) is 0.571. The predicted octanol–water partition coefficient (Wildman–Crippen LogP) is -0.00980. The fourth-order valence-electron chi connectivity index (χ4n) is 5.99. The third-order valence-electron chi connectivity index (χ3n) is 8.24. The van der Waals surface area contributed by atoms with Crippen LogP contribution in [0, 0.1) is 11.8 Å². The summed E-state index contributed by atoms with van der Waals surface area (Å²) in [6.07, 6.45) is 2.14. The molecule has 0 bridgehead atoms. The number of carboxylic acids is 1. The molecule has 2 unspecified atom stereocenters. The van der Waals surface area contributed by atoms with Crippen LogP contribution in [0.5, 0.6) is 0 Å². The number of carbonyl (C=O) groups is 1. The molecule has 8 N–H and O–H groups in total. The first-order valence-electron chi connectivity index (χ1n) is 14.2. The van der Waals surface area contributed by atoms with Crippen LogP contribution >= 0.6 is 0 Å². The minimum Gasteiger partial charge on any atom is -0.480 e. The van der Waals surface area contributed by atoms with Crippen molar-refractivity contribution in [3.05, 3.63) is 48.5 Å². The molecule has 0 saturated carbocycles. The summed E-state index contributed by atoms with van der Waals surface area (Å²) in [6.45, 7) is 3.23. The number of aromatic nitrogens is 4. The first-order valence-corrected chi connectivity index (χ1v) is 14.2. The number of hydrogen-bond donors (Lipinski definition) is 6. The summed E-state index contributed by atoms with van der Waals surface area (Å²) in [6, 6.07) is 9.48. The molecule has 2 fully saturated rings. The standard InChI is InChI=1S/C28H40N8O5/c29-20(28(39)40)8-9-35(13-19-10-18(11-31-12-19)7-6-17-4-2-1-3-5-17)14-21-23(37)24(38)27(41-21)36-16-34-22-25(30)32-15-33-26(22)36/h1-5,15-16,18-21,23-24,27,31,37-38H,6-14,29H2,(H,39,40)(H2,30,32,33)/t18?,19?,20-,21+,23+,24+,27+/m0/s1. The zero-order valence-corrected chi connectivity index (χ0v) is 23.0. The highest BCUT2D eigenvalue weighted by molar-refractivity contribution is 5.81. The van der Waals surface area contributed by atoms with E-state index in [2.05, 4.69) is 49.4 Å². The van der Waals surface area contributed by atoms with E-state index in [0.717, 1.165) is 32.4 Å². The second-order valence-electron chi connectivity index (χ2n) is 11.3. The number of aliphatic hydroxyl groups excluding tert-OH is 2. The van der Waals surface area contributed by atoms with Gasteiger partial charge in [0, 0.05) is 19.6 Å². The molecule has 5 rings (SSSR count). The normalized spacial score (nSPS) is 27.4. The number of nitrogens with zero attached hydrogens (tertiary/aromatic N) is 5. The van der Waals surface area contributed by atoms with Gasteiger partial charge in [-0.15, -0.1) is 0 Å². The maximum atomic E-state index is 11.4. The molecule has 2 saturated heterocycles. The Kier molecular flexibility index (Phi) is 9.42. The smallest absolute Gasteiger partial charge is 0.320 e. The van der Waals surface area contributed by atoms with Crippen molar-refractivity contribution in [2.75, 3.05) is 38.5 Å². The van der Waals surface area contributed by atoms with E-state index >= 15 is 0 Å². The maximum absolute atomic E-state index is 11.4. The van der Waals surface area contributed by atoms with Gasteiger partial charge < -0.3 is 41.7 Å². The van der Waals surface area contributed by atoms with Crippen LogP contribution in [-0.2, 0) is 16.0 Å². The fourth-order valence-corrected chi connectivity index (χ4v) is 5.99. The number of imidazole rings is 1. The van der Waals surface area contributed by atoms with Gasteiger partial charge >= 0.3 is 5.97 Å². The van der Waals surface area contributed by atoms with E-state index in [0.29, 0.717) is 42.6 Å². The molecule has 3 aromatic rings. The number of piperidine rings is 1. The zero-order valence-electron chi connectivity index (χ0n) is 23.0. The van der Waals surface area contributed by atoms with Gasteiger partial charge in [0.05, 0.1) is 6.33 Å². The number of aryl methyl sites for hydroxylation is 1. The number of ether oxygens (including phenoxy) is 1. The van der Waals surface area contributed by atoms with Crippen LogP contribution in [0.15, 0.2) is 43.0 Å². The van der Waals surface area contributed by atoms with Gasteiger partial charge in [-0.3, -0.25) is 9.36 Å². The Balaban J connectivity index is 1.24. The number of rotatable bonds is 12. The molecule has 0 spiro atoms. The van der Waals surface area contributed by atoms with Gasteiger partial charge in [-0.2, -0.15) is 0 Å². The van der Waals surface area contributed by atoms with E-state index in [1.54, 1.807) is 4.57 Å². The Morgan fingerprint density at radius 2 is 1.90 bits per heavy atom. The van der Waals surface area contributed by atoms with Gasteiger partial charge in [-0.05, 0) is 56.2 Å². The lowest BCUT2D eigenvalue weighted by Gasteiger charge is -2.35. The number of aliphatic hydroxyl groups is 2. The van der Waals surface area contributed by atoms with Crippen LogP contribution in [0.25, 0.3) is 11.2 Å². The molecule has 4 heterocycles. The highest BCUT2D eigenvalue weighted by Gasteiger charge is 2.45. The molecule has 1 aromatic carbocycles. The van der Waals surface area contributed by atoms with Gasteiger partial charge in [0.25, 0.3) is 0 Å². The van der Waals surface area contributed by atoms with Gasteiger partial charge in [0.1, 0.15) is 36.2 Å². The van der Waals surface area contributed by atoms with Crippen molar-refractivity contribution >= 4 is 23.0 Å². The molecule has 222 valence electrons. The van der Waals surface area contributed by atoms with Crippen molar-refractivity contribution in [3.63, 3.8) is 0 Å². The summed E-state index contributed by atoms with van der Waals surface area (Å²) in [5.41, 5.74) is 13.9. The lowest BCUT2D eigenvalue weighted by Crippen LogP contribution is -2.47. The first-order chi connectivity index (χ1) is 19.8. The third kappa shape index (κ3) is 7.00. The lowest BCUT2D eigenvalue weighted by molar-refractivity contribution is -0.138. The van der Waals surface area contributed by atoms with Crippen LogP contribution in [0.4, 0.5) is 5.82 Å². The maximum Gasteiger partial charge on any atom is 0.320 e. The summed E-state index contributed by atoms with van der Waals surface area (Å²) in [5, 5.41) is 34.8. The second kappa shape index (κ2) is 13.2. The molecule has 2 aliphatic heterocycles. The molecule has 13 heteroatoms. The number of carboxylic acid groups (broad SMARTS) is 1. The summed E-state index contributed by atoms with van der Waals surface area (Å²) < 4.78 is 7.73. The van der Waals surface area contributed by atoms with E-state index in [1.807, 2.05) is 6.07 Å². The first kappa shape index (κ1) is 29.3. The van der Waals surface area contributed by atoms with Gasteiger partial charge in [0.15, 0.2) is 17.7 Å². The number of anilines is 1. The topological polar surface area (TPSA) is 198 Å². The molecular formula is C28H40N8O5. The van der Waals surface area contributed by atoms with Crippen LogP contribution in [0.3, 0.4) is 0 Å². The summed E-state index contributed by atoms with van der Waals surface area (Å²) in [5.74, 6) is 0.0243. The highest BCUT2D eigenvalue weighted by atomic mass is 16.6. The summed E-state index contributed by atoms with van der Waals surface area (Å²) in [4.78, 5) is 25.9. The van der Waals surface area contributed by atoms with Crippen molar-refractivity contribution in [1.29, 1.82) is 0 Å². The molecular weight excluding hydrogens is 528 g/mol.